The number of carbonyl (C=O) groups is 1. The van der Waals surface area contributed by atoms with Crippen molar-refractivity contribution in [2.45, 2.75) is 0 Å². The lowest BCUT2D eigenvalue weighted by molar-refractivity contribution is -0.385. The molecule has 0 radical (unpaired) electrons. The summed E-state index contributed by atoms with van der Waals surface area (Å²) >= 11 is 5.85. The van der Waals surface area contributed by atoms with Crippen molar-refractivity contribution in [1.82, 2.24) is 0 Å². The molecule has 0 aliphatic carbocycles. The minimum atomic E-state index is -0.595. The van der Waals surface area contributed by atoms with Crippen LogP contribution in [-0.2, 0) is 9.53 Å². The van der Waals surface area contributed by atoms with Crippen molar-refractivity contribution < 1.29 is 23.9 Å². The van der Waals surface area contributed by atoms with Crippen LogP contribution in [0.5, 0.6) is 11.5 Å². The van der Waals surface area contributed by atoms with Crippen molar-refractivity contribution in [2.24, 2.45) is 0 Å². The summed E-state index contributed by atoms with van der Waals surface area (Å²) in [5.41, 5.74) is 0.894. The Bertz CT molecular complexity index is 993. The summed E-state index contributed by atoms with van der Waals surface area (Å²) in [6.07, 6.45) is 2.92. The second kappa shape index (κ2) is 6.20. The van der Waals surface area contributed by atoms with Crippen LogP contribution in [0.1, 0.15) is 11.1 Å². The maximum Gasteiger partial charge on any atom is 0.343 e. The third-order valence-corrected chi connectivity index (χ3v) is 4.14. The first-order valence-corrected chi connectivity index (χ1v) is 7.88. The molecule has 0 unspecified atom stereocenters. The van der Waals surface area contributed by atoms with Gasteiger partial charge in [-0.05, 0) is 42.5 Å². The van der Waals surface area contributed by atoms with Crippen molar-refractivity contribution in [3.05, 3.63) is 74.3 Å². The Balaban J connectivity index is 1.75. The highest BCUT2D eigenvalue weighted by molar-refractivity contribution is 6.30. The van der Waals surface area contributed by atoms with Gasteiger partial charge in [0.05, 0.1) is 22.1 Å². The van der Waals surface area contributed by atoms with Gasteiger partial charge in [0, 0.05) is 10.6 Å². The average Bonchev–Trinajstić information content (AvgIpc) is 3.21. The van der Waals surface area contributed by atoms with Crippen molar-refractivity contribution in [3.8, 4) is 11.5 Å². The number of hydrogen-bond acceptors (Lipinski definition) is 6. The molecule has 130 valence electrons. The minimum Gasteiger partial charge on any atom is -0.454 e. The quantitative estimate of drug-likeness (QED) is 0.351. The van der Waals surface area contributed by atoms with E-state index in [1.54, 1.807) is 24.3 Å². The third-order valence-electron chi connectivity index (χ3n) is 3.88. The van der Waals surface area contributed by atoms with E-state index in [4.69, 9.17) is 25.8 Å². The molecule has 0 amide bonds. The molecule has 0 N–H and O–H groups in total. The molecule has 4 rings (SSSR count). The molecule has 0 bridgehead atoms. The first kappa shape index (κ1) is 16.2. The van der Waals surface area contributed by atoms with Gasteiger partial charge in [0.2, 0.25) is 6.79 Å². The van der Waals surface area contributed by atoms with Crippen LogP contribution in [0.2, 0.25) is 5.02 Å². The normalized spacial score (nSPS) is 16.6. The maximum absolute atomic E-state index is 12.1. The minimum absolute atomic E-state index is 0.00479. The molecule has 2 heterocycles. The molecule has 2 aliphatic rings. The number of rotatable bonds is 3. The number of cyclic esters (lactones) is 1. The second-order valence-corrected chi connectivity index (χ2v) is 5.96. The predicted octanol–water partition coefficient (Wildman–Crippen LogP) is 3.96. The van der Waals surface area contributed by atoms with Crippen LogP contribution in [0.15, 0.2) is 48.0 Å². The Morgan fingerprint density at radius 2 is 1.81 bits per heavy atom. The van der Waals surface area contributed by atoms with Gasteiger partial charge in [-0.3, -0.25) is 10.1 Å². The highest BCUT2D eigenvalue weighted by Gasteiger charge is 2.26. The van der Waals surface area contributed by atoms with E-state index in [0.29, 0.717) is 27.8 Å². The molecule has 26 heavy (non-hydrogen) atoms. The number of carbonyl (C=O) groups excluding carboxylic acids is 1. The Kier molecular flexibility index (Phi) is 3.85. The number of nitro benzene ring substituents is 1. The van der Waals surface area contributed by atoms with Crippen LogP contribution < -0.4 is 9.47 Å². The lowest BCUT2D eigenvalue weighted by Gasteiger charge is -2.02. The van der Waals surface area contributed by atoms with Gasteiger partial charge >= 0.3 is 5.97 Å². The molecule has 0 saturated carbocycles. The number of esters is 1. The highest BCUT2D eigenvalue weighted by atomic mass is 35.5. The van der Waals surface area contributed by atoms with Crippen LogP contribution in [0.25, 0.3) is 11.8 Å². The summed E-state index contributed by atoms with van der Waals surface area (Å²) in [7, 11) is 0. The SMILES string of the molecule is O=C1OC(c2ccc(Cl)cc2)=CC1=Cc1cc2c(cc1[N+](=O)[O-])OCO2. The zero-order valence-corrected chi connectivity index (χ0v) is 13.9. The van der Waals surface area contributed by atoms with Crippen LogP contribution in [0.3, 0.4) is 0 Å². The Morgan fingerprint density at radius 1 is 1.12 bits per heavy atom. The van der Waals surface area contributed by atoms with Gasteiger partial charge in [-0.15, -0.1) is 0 Å². The predicted molar refractivity (Wildman–Crippen MR) is 92.7 cm³/mol. The van der Waals surface area contributed by atoms with E-state index in [-0.39, 0.29) is 23.6 Å². The summed E-state index contributed by atoms with van der Waals surface area (Å²) in [5.74, 6) is 0.434. The first-order valence-electron chi connectivity index (χ1n) is 7.51. The van der Waals surface area contributed by atoms with Crippen LogP contribution in [-0.4, -0.2) is 17.7 Å². The third kappa shape index (κ3) is 2.89. The summed E-state index contributed by atoms with van der Waals surface area (Å²) in [6, 6.07) is 9.53. The molecule has 2 aromatic carbocycles. The Hall–Kier alpha value is -3.32. The number of ether oxygens (including phenoxy) is 3. The van der Waals surface area contributed by atoms with Gasteiger partial charge in [-0.1, -0.05) is 11.6 Å². The molecule has 2 aromatic rings. The fourth-order valence-electron chi connectivity index (χ4n) is 2.63. The van der Waals surface area contributed by atoms with Gasteiger partial charge in [-0.25, -0.2) is 4.79 Å². The zero-order valence-electron chi connectivity index (χ0n) is 13.1. The van der Waals surface area contributed by atoms with E-state index in [0.717, 1.165) is 0 Å². The number of benzene rings is 2. The van der Waals surface area contributed by atoms with Crippen molar-refractivity contribution in [1.29, 1.82) is 0 Å². The monoisotopic (exact) mass is 371 g/mol. The van der Waals surface area contributed by atoms with Crippen LogP contribution in [0, 0.1) is 10.1 Å². The molecule has 0 spiro atoms. The highest BCUT2D eigenvalue weighted by Crippen LogP contribution is 2.39. The topological polar surface area (TPSA) is 87.9 Å². The standard InChI is InChI=1S/C18H10ClNO6/c19-13-3-1-10(2-4-13)15-7-12(18(21)26-15)5-11-6-16-17(25-9-24-16)8-14(11)20(22)23/h1-8H,9H2. The first-order chi connectivity index (χ1) is 12.5. The van der Waals surface area contributed by atoms with Gasteiger partial charge < -0.3 is 14.2 Å². The van der Waals surface area contributed by atoms with E-state index in [9.17, 15) is 14.9 Å². The van der Waals surface area contributed by atoms with Gasteiger partial charge in [0.1, 0.15) is 5.76 Å². The molecule has 0 aromatic heterocycles. The molecule has 7 nitrogen and oxygen atoms in total. The summed E-state index contributed by atoms with van der Waals surface area (Å²) < 4.78 is 15.7. The molecule has 0 saturated heterocycles. The fraction of sp³-hybridized carbons (Fsp3) is 0.0556. The summed E-state index contributed by atoms with van der Waals surface area (Å²) in [5, 5.41) is 11.9. The van der Waals surface area contributed by atoms with Crippen LogP contribution in [0.4, 0.5) is 5.69 Å². The number of hydrogen-bond donors (Lipinski definition) is 0. The number of nitrogens with zero attached hydrogens (tertiary/aromatic N) is 1. The molecular formula is C18H10ClNO6. The molecular weight excluding hydrogens is 362 g/mol. The lowest BCUT2D eigenvalue weighted by atomic mass is 10.1. The van der Waals surface area contributed by atoms with E-state index < -0.39 is 10.9 Å². The van der Waals surface area contributed by atoms with Crippen molar-refractivity contribution >= 4 is 35.1 Å². The molecule has 0 fully saturated rings. The largest absolute Gasteiger partial charge is 0.454 e. The number of nitro groups is 1. The molecule has 0 atom stereocenters. The molecule has 2 aliphatic heterocycles. The van der Waals surface area contributed by atoms with Gasteiger partial charge in [-0.2, -0.15) is 0 Å². The van der Waals surface area contributed by atoms with E-state index >= 15 is 0 Å². The Morgan fingerprint density at radius 3 is 2.50 bits per heavy atom. The fourth-order valence-corrected chi connectivity index (χ4v) is 2.76. The second-order valence-electron chi connectivity index (χ2n) is 5.53. The van der Waals surface area contributed by atoms with Crippen molar-refractivity contribution in [3.63, 3.8) is 0 Å². The van der Waals surface area contributed by atoms with Crippen molar-refractivity contribution in [2.75, 3.05) is 6.79 Å². The lowest BCUT2D eigenvalue weighted by Crippen LogP contribution is -1.98. The molecule has 8 heteroatoms. The Labute approximate surface area is 152 Å². The van der Waals surface area contributed by atoms with E-state index in [1.807, 2.05) is 0 Å². The summed E-state index contributed by atoms with van der Waals surface area (Å²) in [6.45, 7) is -0.00479. The average molecular weight is 372 g/mol. The number of halogens is 1. The smallest absolute Gasteiger partial charge is 0.343 e. The van der Waals surface area contributed by atoms with E-state index in [1.165, 1.54) is 24.3 Å². The van der Waals surface area contributed by atoms with Gasteiger partial charge in [0.25, 0.3) is 5.69 Å². The zero-order chi connectivity index (χ0) is 18.3. The van der Waals surface area contributed by atoms with E-state index in [2.05, 4.69) is 0 Å². The number of fused-ring (bicyclic) bond motifs is 1. The van der Waals surface area contributed by atoms with Gasteiger partial charge in [0.15, 0.2) is 11.5 Å². The maximum atomic E-state index is 12.1. The van der Waals surface area contributed by atoms with Crippen LogP contribution >= 0.6 is 11.6 Å². The summed E-state index contributed by atoms with van der Waals surface area (Å²) in [4.78, 5) is 22.9.